The minimum absolute atomic E-state index is 0.249. The Labute approximate surface area is 169 Å². The van der Waals surface area contributed by atoms with Crippen LogP contribution in [-0.4, -0.2) is 20.6 Å². The lowest BCUT2D eigenvalue weighted by atomic mass is 10.0. The predicted molar refractivity (Wildman–Crippen MR) is 114 cm³/mol. The van der Waals surface area contributed by atoms with Crippen LogP contribution >= 0.6 is 0 Å². The van der Waals surface area contributed by atoms with Crippen molar-refractivity contribution in [3.05, 3.63) is 78.1 Å². The minimum Gasteiger partial charge on any atom is -0.451 e. The predicted octanol–water partition coefficient (Wildman–Crippen LogP) is 4.87. The van der Waals surface area contributed by atoms with Gasteiger partial charge >= 0.3 is 0 Å². The molecule has 1 atom stereocenters. The summed E-state index contributed by atoms with van der Waals surface area (Å²) < 4.78 is 29.1. The van der Waals surface area contributed by atoms with E-state index in [0.717, 1.165) is 21.7 Å². The Morgan fingerprint density at radius 3 is 2.41 bits per heavy atom. The highest BCUT2D eigenvalue weighted by molar-refractivity contribution is 7.90. The van der Waals surface area contributed by atoms with E-state index in [1.807, 2.05) is 43.3 Å². The highest BCUT2D eigenvalue weighted by Gasteiger charge is 2.19. The molecule has 0 aliphatic heterocycles. The van der Waals surface area contributed by atoms with Crippen molar-refractivity contribution < 1.29 is 17.6 Å². The molecule has 0 aliphatic rings. The van der Waals surface area contributed by atoms with E-state index in [2.05, 4.69) is 5.32 Å². The molecule has 0 aliphatic carbocycles. The molecule has 1 amide bonds. The summed E-state index contributed by atoms with van der Waals surface area (Å²) in [4.78, 5) is 13.1. The van der Waals surface area contributed by atoms with Crippen LogP contribution in [0.3, 0.4) is 0 Å². The average Bonchev–Trinajstić information content (AvgIpc) is 3.16. The molecule has 1 heterocycles. The summed E-state index contributed by atoms with van der Waals surface area (Å²) in [5.74, 6) is -0.0492. The first-order chi connectivity index (χ1) is 13.9. The zero-order valence-electron chi connectivity index (χ0n) is 16.2. The summed E-state index contributed by atoms with van der Waals surface area (Å²) in [5.41, 5.74) is 1.51. The first-order valence-corrected chi connectivity index (χ1v) is 11.3. The van der Waals surface area contributed by atoms with Crippen LogP contribution in [0.1, 0.15) is 35.5 Å². The third kappa shape index (κ3) is 3.76. The van der Waals surface area contributed by atoms with Crippen LogP contribution in [0.25, 0.3) is 21.7 Å². The molecule has 0 saturated carbocycles. The average molecular weight is 407 g/mol. The Morgan fingerprint density at radius 1 is 1.00 bits per heavy atom. The van der Waals surface area contributed by atoms with Gasteiger partial charge in [0.2, 0.25) is 0 Å². The molecule has 0 saturated heterocycles. The van der Waals surface area contributed by atoms with E-state index >= 15 is 0 Å². The van der Waals surface area contributed by atoms with Crippen LogP contribution in [0.4, 0.5) is 0 Å². The van der Waals surface area contributed by atoms with Crippen molar-refractivity contribution in [1.29, 1.82) is 0 Å². The maximum atomic E-state index is 12.8. The molecule has 1 aromatic heterocycles. The molecule has 0 fully saturated rings. The van der Waals surface area contributed by atoms with Gasteiger partial charge in [-0.1, -0.05) is 49.4 Å². The van der Waals surface area contributed by atoms with E-state index in [-0.39, 0.29) is 22.6 Å². The number of carbonyl (C=O) groups excluding carboxylic acids is 1. The van der Waals surface area contributed by atoms with Crippen molar-refractivity contribution in [2.75, 3.05) is 6.26 Å². The Hall–Kier alpha value is -3.12. The van der Waals surface area contributed by atoms with Crippen molar-refractivity contribution in [2.24, 2.45) is 0 Å². The van der Waals surface area contributed by atoms with Crippen LogP contribution in [0.2, 0.25) is 0 Å². The van der Waals surface area contributed by atoms with Crippen molar-refractivity contribution in [3.8, 4) is 0 Å². The third-order valence-electron chi connectivity index (χ3n) is 5.07. The third-order valence-corrected chi connectivity index (χ3v) is 6.20. The molecule has 0 spiro atoms. The van der Waals surface area contributed by atoms with Crippen molar-refractivity contribution in [1.82, 2.24) is 5.32 Å². The smallest absolute Gasteiger partial charge is 0.287 e. The van der Waals surface area contributed by atoms with Crippen LogP contribution < -0.4 is 5.32 Å². The van der Waals surface area contributed by atoms with Crippen LogP contribution in [-0.2, 0) is 9.84 Å². The Morgan fingerprint density at radius 2 is 1.72 bits per heavy atom. The van der Waals surface area contributed by atoms with E-state index in [1.54, 1.807) is 30.3 Å². The molecule has 5 nitrogen and oxygen atoms in total. The molecule has 3 aromatic carbocycles. The van der Waals surface area contributed by atoms with Gasteiger partial charge in [0.25, 0.3) is 5.91 Å². The number of nitrogens with one attached hydrogen (secondary N) is 1. The first-order valence-electron chi connectivity index (χ1n) is 9.39. The van der Waals surface area contributed by atoms with E-state index in [4.69, 9.17) is 4.42 Å². The van der Waals surface area contributed by atoms with Gasteiger partial charge in [0.15, 0.2) is 15.6 Å². The molecule has 0 radical (unpaired) electrons. The fourth-order valence-corrected chi connectivity index (χ4v) is 4.13. The van der Waals surface area contributed by atoms with Crippen LogP contribution in [0.5, 0.6) is 0 Å². The maximum Gasteiger partial charge on any atom is 0.287 e. The normalized spacial score (nSPS) is 12.9. The molecular weight excluding hydrogens is 386 g/mol. The Balaban J connectivity index is 1.61. The van der Waals surface area contributed by atoms with Gasteiger partial charge in [-0.2, -0.15) is 0 Å². The van der Waals surface area contributed by atoms with E-state index in [0.29, 0.717) is 12.0 Å². The van der Waals surface area contributed by atoms with Crippen LogP contribution in [0, 0.1) is 0 Å². The number of amides is 1. The van der Waals surface area contributed by atoms with E-state index in [1.165, 1.54) is 6.26 Å². The van der Waals surface area contributed by atoms with Gasteiger partial charge < -0.3 is 9.73 Å². The van der Waals surface area contributed by atoms with Crippen LogP contribution in [0.15, 0.2) is 76.0 Å². The maximum absolute atomic E-state index is 12.8. The fraction of sp³-hybridized carbons (Fsp3) is 0.174. The molecule has 1 N–H and O–H groups in total. The highest BCUT2D eigenvalue weighted by Crippen LogP contribution is 2.28. The highest BCUT2D eigenvalue weighted by atomic mass is 32.2. The lowest BCUT2D eigenvalue weighted by Gasteiger charge is -2.17. The number of hydrogen-bond donors (Lipinski definition) is 1. The second-order valence-corrected chi connectivity index (χ2v) is 9.10. The molecular formula is C23H21NO4S. The summed E-state index contributed by atoms with van der Waals surface area (Å²) in [7, 11) is -3.25. The zero-order chi connectivity index (χ0) is 20.6. The first kappa shape index (κ1) is 19.2. The number of rotatable bonds is 5. The fourth-order valence-electron chi connectivity index (χ4n) is 3.50. The molecule has 29 heavy (non-hydrogen) atoms. The van der Waals surface area contributed by atoms with Gasteiger partial charge in [-0.3, -0.25) is 4.79 Å². The van der Waals surface area contributed by atoms with Gasteiger partial charge in [-0.25, -0.2) is 8.42 Å². The topological polar surface area (TPSA) is 76.4 Å². The number of hydrogen-bond acceptors (Lipinski definition) is 4. The van der Waals surface area contributed by atoms with Gasteiger partial charge in [0.05, 0.1) is 10.9 Å². The number of fused-ring (bicyclic) bond motifs is 3. The van der Waals surface area contributed by atoms with Gasteiger partial charge in [-0.15, -0.1) is 0 Å². The number of sulfone groups is 1. The number of carbonyl (C=O) groups is 1. The Bertz CT molecular complexity index is 1300. The van der Waals surface area contributed by atoms with Crippen molar-refractivity contribution in [2.45, 2.75) is 24.3 Å². The molecule has 4 rings (SSSR count). The second kappa shape index (κ2) is 7.37. The lowest BCUT2D eigenvalue weighted by Crippen LogP contribution is -2.27. The quantitative estimate of drug-likeness (QED) is 0.512. The molecule has 0 bridgehead atoms. The number of furan rings is 1. The summed E-state index contributed by atoms with van der Waals surface area (Å²) in [6, 6.07) is 19.9. The molecule has 0 unspecified atom stereocenters. The molecule has 4 aromatic rings. The van der Waals surface area contributed by atoms with Crippen molar-refractivity contribution >= 4 is 37.5 Å². The van der Waals surface area contributed by atoms with E-state index in [9.17, 15) is 13.2 Å². The SMILES string of the molecule is CC[C@@H](NC(=O)c1cc2c(ccc3ccccc32)o1)c1ccc(S(C)(=O)=O)cc1. The second-order valence-electron chi connectivity index (χ2n) is 7.08. The molecule has 148 valence electrons. The Kier molecular flexibility index (Phi) is 4.88. The largest absolute Gasteiger partial charge is 0.451 e. The monoisotopic (exact) mass is 407 g/mol. The summed E-state index contributed by atoms with van der Waals surface area (Å²) >= 11 is 0. The number of benzene rings is 3. The summed E-state index contributed by atoms with van der Waals surface area (Å²) in [6.07, 6.45) is 1.83. The lowest BCUT2D eigenvalue weighted by molar-refractivity contribution is 0.0909. The minimum atomic E-state index is -3.25. The van der Waals surface area contributed by atoms with Crippen molar-refractivity contribution in [3.63, 3.8) is 0 Å². The standard InChI is InChI=1S/C23H21NO4S/c1-3-20(16-8-11-17(12-9-16)29(2,26)27)24-23(25)22-14-19-18-7-5-4-6-15(18)10-13-21(19)28-22/h4-14,20H,3H2,1-2H3,(H,24,25)/t20-/m1/s1. The summed E-state index contributed by atoms with van der Waals surface area (Å²) in [5, 5.41) is 6.01. The summed E-state index contributed by atoms with van der Waals surface area (Å²) in [6.45, 7) is 1.96. The van der Waals surface area contributed by atoms with Gasteiger partial charge in [-0.05, 0) is 47.0 Å². The van der Waals surface area contributed by atoms with Gasteiger partial charge in [0.1, 0.15) is 5.58 Å². The van der Waals surface area contributed by atoms with E-state index < -0.39 is 9.84 Å². The van der Waals surface area contributed by atoms with Gasteiger partial charge in [0, 0.05) is 11.6 Å². The molecule has 6 heteroatoms. The zero-order valence-corrected chi connectivity index (χ0v) is 17.0.